The van der Waals surface area contributed by atoms with Gasteiger partial charge in [-0.3, -0.25) is 4.99 Å². The molecule has 0 N–H and O–H groups in total. The van der Waals surface area contributed by atoms with Gasteiger partial charge in [-0.05, 0) is 6.08 Å². The summed E-state index contributed by atoms with van der Waals surface area (Å²) in [7, 11) is 3.28. The zero-order valence-corrected chi connectivity index (χ0v) is 5.79. The third-order valence-corrected chi connectivity index (χ3v) is 0.774. The Morgan fingerprint density at radius 3 is 2.67 bits per heavy atom. The Balaban J connectivity index is 3.96. The molecule has 0 aliphatic rings. The van der Waals surface area contributed by atoms with Gasteiger partial charge in [0.25, 0.3) is 0 Å². The first kappa shape index (κ1) is 7.95. The van der Waals surface area contributed by atoms with E-state index in [0.717, 1.165) is 0 Å². The SMILES string of the molecule is C=C/C=C(\C=NC)OC. The van der Waals surface area contributed by atoms with Gasteiger partial charge in [-0.15, -0.1) is 0 Å². The van der Waals surface area contributed by atoms with Crippen molar-refractivity contribution in [2.24, 2.45) is 4.99 Å². The van der Waals surface area contributed by atoms with Gasteiger partial charge in [0.2, 0.25) is 0 Å². The molecule has 2 nitrogen and oxygen atoms in total. The highest BCUT2D eigenvalue weighted by molar-refractivity contribution is 5.76. The van der Waals surface area contributed by atoms with Crippen LogP contribution in [0, 0.1) is 0 Å². The molecule has 0 unspecified atom stereocenters. The van der Waals surface area contributed by atoms with E-state index in [2.05, 4.69) is 11.6 Å². The molecule has 9 heavy (non-hydrogen) atoms. The fourth-order valence-electron chi connectivity index (χ4n) is 0.407. The molecule has 50 valence electrons. The minimum absolute atomic E-state index is 0.715. The molecule has 0 fully saturated rings. The van der Waals surface area contributed by atoms with Crippen LogP contribution in [0.3, 0.4) is 0 Å². The maximum absolute atomic E-state index is 4.87. The van der Waals surface area contributed by atoms with Crippen molar-refractivity contribution in [1.29, 1.82) is 0 Å². The quantitative estimate of drug-likeness (QED) is 0.317. The van der Waals surface area contributed by atoms with Crippen LogP contribution in [-0.4, -0.2) is 20.4 Å². The van der Waals surface area contributed by atoms with Crippen molar-refractivity contribution in [2.75, 3.05) is 14.2 Å². The predicted molar refractivity (Wildman–Crippen MR) is 39.7 cm³/mol. The largest absolute Gasteiger partial charge is 0.495 e. The number of hydrogen-bond acceptors (Lipinski definition) is 2. The highest BCUT2D eigenvalue weighted by Crippen LogP contribution is 1.89. The van der Waals surface area contributed by atoms with Crippen LogP contribution in [0.25, 0.3) is 0 Å². The van der Waals surface area contributed by atoms with E-state index in [1.54, 1.807) is 32.5 Å². The van der Waals surface area contributed by atoms with Crippen molar-refractivity contribution in [3.05, 3.63) is 24.5 Å². The Hall–Kier alpha value is -1.05. The summed E-state index contributed by atoms with van der Waals surface area (Å²) in [5.41, 5.74) is 0. The number of ether oxygens (including phenoxy) is 1. The maximum atomic E-state index is 4.87. The van der Waals surface area contributed by atoms with Gasteiger partial charge in [0.1, 0.15) is 5.76 Å². The van der Waals surface area contributed by atoms with Crippen LogP contribution in [-0.2, 0) is 4.74 Å². The minimum Gasteiger partial charge on any atom is -0.495 e. The van der Waals surface area contributed by atoms with E-state index in [1.165, 1.54) is 0 Å². The lowest BCUT2D eigenvalue weighted by Crippen LogP contribution is -1.85. The summed E-state index contributed by atoms with van der Waals surface area (Å²) in [5, 5.41) is 0. The first-order chi connectivity index (χ1) is 4.35. The van der Waals surface area contributed by atoms with E-state index < -0.39 is 0 Å². The number of methoxy groups -OCH3 is 1. The fraction of sp³-hybridized carbons (Fsp3) is 0.286. The van der Waals surface area contributed by atoms with Crippen LogP contribution in [0.2, 0.25) is 0 Å². The third-order valence-electron chi connectivity index (χ3n) is 0.774. The topological polar surface area (TPSA) is 21.6 Å². The molecule has 0 spiro atoms. The average Bonchev–Trinajstić information content (AvgIpc) is 1.88. The second-order valence-electron chi connectivity index (χ2n) is 1.40. The molecule has 2 heteroatoms. The van der Waals surface area contributed by atoms with Gasteiger partial charge in [-0.1, -0.05) is 12.7 Å². The molecule has 0 amide bonds. The summed E-state index contributed by atoms with van der Waals surface area (Å²) in [6, 6.07) is 0. The van der Waals surface area contributed by atoms with Gasteiger partial charge in [0, 0.05) is 7.05 Å². The molecule has 0 radical (unpaired) electrons. The van der Waals surface area contributed by atoms with E-state index in [-0.39, 0.29) is 0 Å². The summed E-state index contributed by atoms with van der Waals surface area (Å²) in [5.74, 6) is 0.715. The normalized spacial score (nSPS) is 12.0. The summed E-state index contributed by atoms with van der Waals surface area (Å²) in [4.78, 5) is 3.76. The highest BCUT2D eigenvalue weighted by Gasteiger charge is 1.82. The van der Waals surface area contributed by atoms with Gasteiger partial charge < -0.3 is 4.74 Å². The lowest BCUT2D eigenvalue weighted by molar-refractivity contribution is 0.317. The molecule has 0 aromatic rings. The summed E-state index contributed by atoms with van der Waals surface area (Å²) in [6.07, 6.45) is 5.02. The molecule has 0 saturated carbocycles. The lowest BCUT2D eigenvalue weighted by atomic mass is 10.4. The van der Waals surface area contributed by atoms with Gasteiger partial charge >= 0.3 is 0 Å². The first-order valence-electron chi connectivity index (χ1n) is 2.64. The lowest BCUT2D eigenvalue weighted by Gasteiger charge is -1.94. The van der Waals surface area contributed by atoms with Crippen LogP contribution >= 0.6 is 0 Å². The van der Waals surface area contributed by atoms with Gasteiger partial charge in [-0.2, -0.15) is 0 Å². The number of rotatable bonds is 3. The van der Waals surface area contributed by atoms with Crippen LogP contribution in [0.4, 0.5) is 0 Å². The Labute approximate surface area is 55.6 Å². The van der Waals surface area contributed by atoms with Crippen molar-refractivity contribution >= 4 is 6.21 Å². The number of hydrogen-bond donors (Lipinski definition) is 0. The molecule has 0 aliphatic carbocycles. The second-order valence-corrected chi connectivity index (χ2v) is 1.40. The Bertz CT molecular complexity index is 136. The predicted octanol–water partition coefficient (Wildman–Crippen LogP) is 1.40. The van der Waals surface area contributed by atoms with E-state index in [4.69, 9.17) is 4.74 Å². The molecule has 0 aliphatic heterocycles. The van der Waals surface area contributed by atoms with Crippen LogP contribution in [0.15, 0.2) is 29.5 Å². The molecule has 0 bridgehead atoms. The van der Waals surface area contributed by atoms with E-state index in [0.29, 0.717) is 5.76 Å². The number of aliphatic imine (C=N–C) groups is 1. The zero-order valence-electron chi connectivity index (χ0n) is 5.79. The second kappa shape index (κ2) is 5.09. The average molecular weight is 125 g/mol. The van der Waals surface area contributed by atoms with Gasteiger partial charge in [0.15, 0.2) is 0 Å². The molecule has 0 saturated heterocycles. The minimum atomic E-state index is 0.715. The summed E-state index contributed by atoms with van der Waals surface area (Å²) < 4.78 is 4.87. The summed E-state index contributed by atoms with van der Waals surface area (Å²) in [6.45, 7) is 3.51. The van der Waals surface area contributed by atoms with Gasteiger partial charge in [-0.25, -0.2) is 0 Å². The standard InChI is InChI=1S/C7H11NO/c1-4-5-7(9-3)6-8-2/h4-6H,1H2,2-3H3/b7-5+,8-6?. The molecule has 0 aromatic carbocycles. The fourth-order valence-corrected chi connectivity index (χ4v) is 0.407. The Morgan fingerprint density at radius 1 is 1.67 bits per heavy atom. The van der Waals surface area contributed by atoms with Crippen LogP contribution < -0.4 is 0 Å². The van der Waals surface area contributed by atoms with Crippen LogP contribution in [0.5, 0.6) is 0 Å². The third kappa shape index (κ3) is 3.53. The Kier molecular flexibility index (Phi) is 4.50. The molecule has 0 rings (SSSR count). The smallest absolute Gasteiger partial charge is 0.136 e. The number of allylic oxidation sites excluding steroid dienone is 3. The summed E-state index contributed by atoms with van der Waals surface area (Å²) >= 11 is 0. The molecular weight excluding hydrogens is 114 g/mol. The molecule has 0 heterocycles. The van der Waals surface area contributed by atoms with Gasteiger partial charge in [0.05, 0.1) is 13.3 Å². The molecular formula is C7H11NO. The van der Waals surface area contributed by atoms with E-state index in [1.807, 2.05) is 0 Å². The Morgan fingerprint density at radius 2 is 2.33 bits per heavy atom. The highest BCUT2D eigenvalue weighted by atomic mass is 16.5. The van der Waals surface area contributed by atoms with Crippen LogP contribution in [0.1, 0.15) is 0 Å². The molecule has 0 aromatic heterocycles. The van der Waals surface area contributed by atoms with Crippen molar-refractivity contribution in [1.82, 2.24) is 0 Å². The van der Waals surface area contributed by atoms with Crippen molar-refractivity contribution in [2.45, 2.75) is 0 Å². The number of nitrogens with zero attached hydrogens (tertiary/aromatic N) is 1. The zero-order chi connectivity index (χ0) is 7.11. The van der Waals surface area contributed by atoms with E-state index in [9.17, 15) is 0 Å². The monoisotopic (exact) mass is 125 g/mol. The molecule has 0 atom stereocenters. The van der Waals surface area contributed by atoms with Crippen molar-refractivity contribution < 1.29 is 4.74 Å². The maximum Gasteiger partial charge on any atom is 0.136 e. The van der Waals surface area contributed by atoms with Crippen molar-refractivity contribution in [3.8, 4) is 0 Å². The van der Waals surface area contributed by atoms with Crippen molar-refractivity contribution in [3.63, 3.8) is 0 Å². The van der Waals surface area contributed by atoms with E-state index >= 15 is 0 Å². The first-order valence-corrected chi connectivity index (χ1v) is 2.64.